The first-order valence-electron chi connectivity index (χ1n) is 10.6. The second kappa shape index (κ2) is 7.64. The van der Waals surface area contributed by atoms with E-state index in [-0.39, 0.29) is 11.4 Å². The topological polar surface area (TPSA) is 37.9 Å². The number of aryl methyl sites for hydroxylation is 2. The molecule has 0 spiro atoms. The predicted molar refractivity (Wildman–Crippen MR) is 112 cm³/mol. The Labute approximate surface area is 169 Å². The van der Waals surface area contributed by atoms with Crippen molar-refractivity contribution < 1.29 is 13.7 Å². The van der Waals surface area contributed by atoms with E-state index in [9.17, 15) is 9.18 Å². The number of nitrogens with zero attached hydrogens (tertiary/aromatic N) is 1. The first kappa shape index (κ1) is 18.4. The predicted octanol–water partition coefficient (Wildman–Crippen LogP) is 2.72. The molecule has 1 aliphatic heterocycles. The second-order valence-electron chi connectivity index (χ2n) is 8.28. The summed E-state index contributed by atoms with van der Waals surface area (Å²) in [7, 11) is 0. The van der Waals surface area contributed by atoms with Crippen molar-refractivity contribution in [3.63, 3.8) is 0 Å². The highest BCUT2D eigenvalue weighted by Crippen LogP contribution is 2.27. The molecule has 0 unspecified atom stereocenters. The van der Waals surface area contributed by atoms with E-state index in [1.54, 1.807) is 12.1 Å². The van der Waals surface area contributed by atoms with Gasteiger partial charge in [-0.3, -0.25) is 0 Å². The summed E-state index contributed by atoms with van der Waals surface area (Å²) < 4.78 is 19.6. The third-order valence-electron chi connectivity index (χ3n) is 6.40. The molecule has 150 valence electrons. The van der Waals surface area contributed by atoms with Gasteiger partial charge in [0.2, 0.25) is 0 Å². The van der Waals surface area contributed by atoms with E-state index in [0.29, 0.717) is 5.69 Å². The summed E-state index contributed by atoms with van der Waals surface area (Å²) in [5.41, 5.74) is 4.93. The van der Waals surface area contributed by atoms with E-state index in [1.165, 1.54) is 34.9 Å². The number of rotatable bonds is 3. The van der Waals surface area contributed by atoms with Gasteiger partial charge in [0.05, 0.1) is 31.9 Å². The van der Waals surface area contributed by atoms with Gasteiger partial charge in [-0.15, -0.1) is 0 Å². The first-order valence-corrected chi connectivity index (χ1v) is 10.6. The molecule has 0 amide bonds. The number of piperazine rings is 1. The fourth-order valence-electron chi connectivity index (χ4n) is 4.82. The minimum Gasteiger partial charge on any atom is -0.423 e. The highest BCUT2D eigenvalue weighted by molar-refractivity contribution is 5.82. The van der Waals surface area contributed by atoms with Gasteiger partial charge in [0.1, 0.15) is 17.9 Å². The van der Waals surface area contributed by atoms with E-state index < -0.39 is 0 Å². The van der Waals surface area contributed by atoms with Crippen LogP contribution in [-0.2, 0) is 19.4 Å². The van der Waals surface area contributed by atoms with Crippen LogP contribution in [0.4, 0.5) is 10.1 Å². The van der Waals surface area contributed by atoms with Gasteiger partial charge in [-0.1, -0.05) is 12.1 Å². The molecule has 1 fully saturated rings. The Morgan fingerprint density at radius 1 is 1.00 bits per heavy atom. The van der Waals surface area contributed by atoms with E-state index in [4.69, 9.17) is 4.42 Å². The maximum atomic E-state index is 14.1. The lowest BCUT2D eigenvalue weighted by Crippen LogP contribution is -3.13. The standard InChI is InChI=1S/C24H25FN2O2/c25-21-7-3-4-8-22(21)27-11-9-26(10-12-27)16-19-15-24(28)29-23-14-18-6-2-1-5-17(18)13-20(19)23/h3-4,7-8,13-15H,1-2,5-6,9-12,16H2/p+1. The van der Waals surface area contributed by atoms with Crippen LogP contribution < -0.4 is 15.4 Å². The SMILES string of the molecule is O=c1cc(C[NH+]2CCN(c3ccccc3F)CC2)c2cc3c(cc2o1)CCCC3. The van der Waals surface area contributed by atoms with Crippen molar-refractivity contribution in [3.8, 4) is 0 Å². The summed E-state index contributed by atoms with van der Waals surface area (Å²) in [6.07, 6.45) is 4.62. The second-order valence-corrected chi connectivity index (χ2v) is 8.28. The number of hydrogen-bond donors (Lipinski definition) is 1. The summed E-state index contributed by atoms with van der Waals surface area (Å²) in [5.74, 6) is -0.160. The van der Waals surface area contributed by atoms with Crippen LogP contribution in [0.2, 0.25) is 0 Å². The minimum absolute atomic E-state index is 0.160. The smallest absolute Gasteiger partial charge is 0.336 e. The van der Waals surface area contributed by atoms with Crippen molar-refractivity contribution in [2.75, 3.05) is 31.1 Å². The molecule has 5 heteroatoms. The quantitative estimate of drug-likeness (QED) is 0.696. The van der Waals surface area contributed by atoms with E-state index in [2.05, 4.69) is 17.0 Å². The Balaban J connectivity index is 1.37. The van der Waals surface area contributed by atoms with Crippen molar-refractivity contribution in [2.24, 2.45) is 0 Å². The Kier molecular flexibility index (Phi) is 4.84. The van der Waals surface area contributed by atoms with Gasteiger partial charge in [-0.2, -0.15) is 0 Å². The third-order valence-corrected chi connectivity index (χ3v) is 6.40. The van der Waals surface area contributed by atoms with Crippen LogP contribution >= 0.6 is 0 Å². The number of hydrogen-bond acceptors (Lipinski definition) is 3. The van der Waals surface area contributed by atoms with Gasteiger partial charge in [0, 0.05) is 17.0 Å². The Morgan fingerprint density at radius 2 is 1.72 bits per heavy atom. The molecule has 1 aliphatic carbocycles. The molecule has 1 N–H and O–H groups in total. The maximum Gasteiger partial charge on any atom is 0.336 e. The number of halogens is 1. The molecule has 0 atom stereocenters. The normalized spacial score (nSPS) is 17.5. The molecule has 2 heterocycles. The van der Waals surface area contributed by atoms with Crippen LogP contribution in [0.5, 0.6) is 0 Å². The summed E-state index contributed by atoms with van der Waals surface area (Å²) >= 11 is 0. The molecule has 1 aromatic heterocycles. The molecule has 4 nitrogen and oxygen atoms in total. The molecular weight excluding hydrogens is 367 g/mol. The monoisotopic (exact) mass is 393 g/mol. The van der Waals surface area contributed by atoms with Gasteiger partial charge >= 0.3 is 5.63 Å². The minimum atomic E-state index is -0.271. The van der Waals surface area contributed by atoms with Gasteiger partial charge in [-0.05, 0) is 61.1 Å². The molecule has 0 radical (unpaired) electrons. The Bertz CT molecular complexity index is 1100. The van der Waals surface area contributed by atoms with Crippen molar-refractivity contribution >= 4 is 16.7 Å². The average Bonchev–Trinajstić information content (AvgIpc) is 2.73. The molecular formula is C24H26FN2O2+. The third kappa shape index (κ3) is 3.67. The van der Waals surface area contributed by atoms with Crippen molar-refractivity contribution in [1.82, 2.24) is 0 Å². The molecule has 29 heavy (non-hydrogen) atoms. The molecule has 2 aliphatic rings. The van der Waals surface area contributed by atoms with Gasteiger partial charge in [0.25, 0.3) is 0 Å². The lowest BCUT2D eigenvalue weighted by molar-refractivity contribution is -0.914. The zero-order valence-corrected chi connectivity index (χ0v) is 16.5. The zero-order chi connectivity index (χ0) is 19.8. The number of nitrogens with one attached hydrogen (secondary N) is 1. The summed E-state index contributed by atoms with van der Waals surface area (Å²) in [4.78, 5) is 15.7. The van der Waals surface area contributed by atoms with Gasteiger partial charge in [0.15, 0.2) is 0 Å². The fraction of sp³-hybridized carbons (Fsp3) is 0.375. The highest BCUT2D eigenvalue weighted by atomic mass is 19.1. The van der Waals surface area contributed by atoms with Crippen LogP contribution in [-0.4, -0.2) is 26.2 Å². The summed E-state index contributed by atoms with van der Waals surface area (Å²) in [5, 5.41) is 1.08. The van der Waals surface area contributed by atoms with Crippen molar-refractivity contribution in [1.29, 1.82) is 0 Å². The lowest BCUT2D eigenvalue weighted by Gasteiger charge is -2.34. The van der Waals surface area contributed by atoms with Gasteiger partial charge in [-0.25, -0.2) is 9.18 Å². The van der Waals surface area contributed by atoms with Crippen molar-refractivity contribution in [3.05, 3.63) is 75.4 Å². The summed E-state index contributed by atoms with van der Waals surface area (Å²) in [6.45, 7) is 4.25. The fourth-order valence-corrected chi connectivity index (χ4v) is 4.82. The maximum absolute atomic E-state index is 14.1. The molecule has 2 aromatic carbocycles. The number of benzene rings is 2. The number of para-hydroxylation sites is 1. The molecule has 0 bridgehead atoms. The van der Waals surface area contributed by atoms with Crippen LogP contribution in [0.15, 0.2) is 51.7 Å². The van der Waals surface area contributed by atoms with E-state index in [1.807, 2.05) is 12.1 Å². The van der Waals surface area contributed by atoms with Gasteiger partial charge < -0.3 is 14.2 Å². The molecule has 5 rings (SSSR count). The van der Waals surface area contributed by atoms with Crippen LogP contribution in [0.3, 0.4) is 0 Å². The Morgan fingerprint density at radius 3 is 2.48 bits per heavy atom. The molecule has 1 saturated heterocycles. The largest absolute Gasteiger partial charge is 0.423 e. The number of quaternary nitrogens is 1. The Hall–Kier alpha value is -2.66. The van der Waals surface area contributed by atoms with E-state index >= 15 is 0 Å². The zero-order valence-electron chi connectivity index (χ0n) is 16.5. The summed E-state index contributed by atoms with van der Waals surface area (Å²) in [6, 6.07) is 13.0. The highest BCUT2D eigenvalue weighted by Gasteiger charge is 2.23. The van der Waals surface area contributed by atoms with Crippen LogP contribution in [0, 0.1) is 5.82 Å². The van der Waals surface area contributed by atoms with Crippen LogP contribution in [0.25, 0.3) is 11.0 Å². The lowest BCUT2D eigenvalue weighted by atomic mass is 9.90. The average molecular weight is 393 g/mol. The molecule has 3 aromatic rings. The van der Waals surface area contributed by atoms with Crippen molar-refractivity contribution in [2.45, 2.75) is 32.2 Å². The van der Waals surface area contributed by atoms with E-state index in [0.717, 1.165) is 62.1 Å². The number of fused-ring (bicyclic) bond motifs is 2. The number of anilines is 1. The molecule has 0 saturated carbocycles. The first-order chi connectivity index (χ1) is 14.2. The van der Waals surface area contributed by atoms with Crippen LogP contribution in [0.1, 0.15) is 29.5 Å².